The fourth-order valence-corrected chi connectivity index (χ4v) is 2.27. The summed E-state index contributed by atoms with van der Waals surface area (Å²) >= 11 is 0. The molecule has 1 atom stereocenters. The number of hydrogen-bond donors (Lipinski definition) is 3. The van der Waals surface area contributed by atoms with Crippen molar-refractivity contribution in [1.29, 1.82) is 0 Å². The minimum atomic E-state index is -0.708. The highest BCUT2D eigenvalue weighted by molar-refractivity contribution is 5.63. The van der Waals surface area contributed by atoms with Crippen LogP contribution in [0, 0.1) is 5.82 Å². The zero-order chi connectivity index (χ0) is 16.9. The minimum Gasteiger partial charge on any atom is -0.505 e. The van der Waals surface area contributed by atoms with Crippen LogP contribution < -0.4 is 5.32 Å². The van der Waals surface area contributed by atoms with Crippen LogP contribution in [0.15, 0.2) is 60.9 Å². The number of benzene rings is 2. The van der Waals surface area contributed by atoms with Crippen molar-refractivity contribution >= 4 is 5.82 Å². The average Bonchev–Trinajstić information content (AvgIpc) is 2.63. The number of aromatic hydroxyl groups is 1. The lowest BCUT2D eigenvalue weighted by molar-refractivity contribution is 0.191. The predicted molar refractivity (Wildman–Crippen MR) is 89.0 cm³/mol. The maximum atomic E-state index is 13.5. The predicted octanol–water partition coefficient (Wildman–Crippen LogP) is 3.13. The first-order chi connectivity index (χ1) is 11.6. The summed E-state index contributed by atoms with van der Waals surface area (Å²) in [6.07, 6.45) is 0.688. The van der Waals surface area contributed by atoms with Crippen LogP contribution in [0.25, 0.3) is 11.3 Å². The Hall–Kier alpha value is -2.99. The molecule has 0 aliphatic rings. The summed E-state index contributed by atoms with van der Waals surface area (Å²) in [6, 6.07) is 15.0. The van der Waals surface area contributed by atoms with Crippen molar-refractivity contribution in [2.45, 2.75) is 6.10 Å². The van der Waals surface area contributed by atoms with Gasteiger partial charge >= 0.3 is 0 Å². The number of aliphatic hydroxyl groups excluding tert-OH is 1. The SMILES string of the molecule is Oc1ccc(-c2cc(NCC(O)c3ccccc3)ncn2)cc1F. The standard InChI is InChI=1S/C18H16FN3O2/c19-14-8-13(6-7-16(14)23)15-9-18(22-11-21-15)20-10-17(24)12-4-2-1-3-5-12/h1-9,11,17,23-24H,10H2,(H,20,21,22). The number of halogens is 1. The first-order valence-corrected chi connectivity index (χ1v) is 7.41. The molecule has 0 saturated carbocycles. The van der Waals surface area contributed by atoms with Crippen LogP contribution in [0.3, 0.4) is 0 Å². The number of anilines is 1. The first kappa shape index (κ1) is 15.9. The lowest BCUT2D eigenvalue weighted by Gasteiger charge is -2.13. The molecule has 3 N–H and O–H groups in total. The Balaban J connectivity index is 1.72. The Kier molecular flexibility index (Phi) is 4.67. The summed E-state index contributed by atoms with van der Waals surface area (Å²) in [7, 11) is 0. The lowest BCUT2D eigenvalue weighted by atomic mass is 10.1. The highest BCUT2D eigenvalue weighted by Crippen LogP contribution is 2.24. The molecule has 0 bridgehead atoms. The highest BCUT2D eigenvalue weighted by atomic mass is 19.1. The molecule has 0 spiro atoms. The summed E-state index contributed by atoms with van der Waals surface area (Å²) in [5, 5.41) is 22.4. The van der Waals surface area contributed by atoms with Crippen molar-refractivity contribution in [1.82, 2.24) is 9.97 Å². The van der Waals surface area contributed by atoms with Gasteiger partial charge in [0.25, 0.3) is 0 Å². The number of aliphatic hydroxyl groups is 1. The van der Waals surface area contributed by atoms with E-state index in [0.29, 0.717) is 17.1 Å². The highest BCUT2D eigenvalue weighted by Gasteiger charge is 2.09. The summed E-state index contributed by atoms with van der Waals surface area (Å²) in [6.45, 7) is 0.282. The Bertz CT molecular complexity index is 828. The first-order valence-electron chi connectivity index (χ1n) is 7.41. The van der Waals surface area contributed by atoms with E-state index in [1.165, 1.54) is 18.5 Å². The molecule has 0 radical (unpaired) electrons. The van der Waals surface area contributed by atoms with E-state index in [9.17, 15) is 14.6 Å². The molecule has 24 heavy (non-hydrogen) atoms. The van der Waals surface area contributed by atoms with E-state index in [1.807, 2.05) is 30.3 Å². The van der Waals surface area contributed by atoms with Crippen molar-refractivity contribution in [3.8, 4) is 17.0 Å². The molecular formula is C18H16FN3O2. The van der Waals surface area contributed by atoms with Crippen LogP contribution in [-0.4, -0.2) is 26.7 Å². The van der Waals surface area contributed by atoms with Crippen LogP contribution in [0.2, 0.25) is 0 Å². The largest absolute Gasteiger partial charge is 0.505 e. The van der Waals surface area contributed by atoms with Gasteiger partial charge in [-0.3, -0.25) is 0 Å². The van der Waals surface area contributed by atoms with E-state index in [1.54, 1.807) is 12.1 Å². The third-order valence-electron chi connectivity index (χ3n) is 3.57. The number of nitrogens with zero attached hydrogens (tertiary/aromatic N) is 2. The van der Waals surface area contributed by atoms with Crippen LogP contribution in [0.1, 0.15) is 11.7 Å². The van der Waals surface area contributed by atoms with Gasteiger partial charge in [-0.2, -0.15) is 0 Å². The van der Waals surface area contributed by atoms with Gasteiger partial charge in [-0.15, -0.1) is 0 Å². The van der Waals surface area contributed by atoms with Gasteiger partial charge in [-0.1, -0.05) is 30.3 Å². The quantitative estimate of drug-likeness (QED) is 0.672. The number of aromatic nitrogens is 2. The second-order valence-corrected chi connectivity index (χ2v) is 5.26. The van der Waals surface area contributed by atoms with E-state index >= 15 is 0 Å². The molecule has 122 valence electrons. The molecule has 1 heterocycles. The van der Waals surface area contributed by atoms with Gasteiger partial charge in [0, 0.05) is 18.2 Å². The van der Waals surface area contributed by atoms with Crippen molar-refractivity contribution in [2.75, 3.05) is 11.9 Å². The van der Waals surface area contributed by atoms with Crippen molar-refractivity contribution in [3.63, 3.8) is 0 Å². The molecule has 1 unspecified atom stereocenters. The van der Waals surface area contributed by atoms with Crippen molar-refractivity contribution < 1.29 is 14.6 Å². The molecule has 0 aliphatic heterocycles. The maximum absolute atomic E-state index is 13.5. The van der Waals surface area contributed by atoms with Gasteiger partial charge in [0.2, 0.25) is 0 Å². The Labute approximate surface area is 138 Å². The molecule has 2 aromatic carbocycles. The summed E-state index contributed by atoms with van der Waals surface area (Å²) in [5.41, 5.74) is 1.85. The average molecular weight is 325 g/mol. The van der Waals surface area contributed by atoms with Gasteiger partial charge in [0.1, 0.15) is 12.1 Å². The van der Waals surface area contributed by atoms with Crippen LogP contribution in [0.5, 0.6) is 5.75 Å². The van der Waals surface area contributed by atoms with Crippen molar-refractivity contribution in [2.24, 2.45) is 0 Å². The summed E-state index contributed by atoms with van der Waals surface area (Å²) in [4.78, 5) is 8.20. The molecule has 0 saturated heterocycles. The number of hydrogen-bond acceptors (Lipinski definition) is 5. The molecule has 6 heteroatoms. The zero-order valence-corrected chi connectivity index (χ0v) is 12.7. The van der Waals surface area contributed by atoms with Crippen LogP contribution >= 0.6 is 0 Å². The topological polar surface area (TPSA) is 78.3 Å². The van der Waals surface area contributed by atoms with Gasteiger partial charge in [0.15, 0.2) is 11.6 Å². The molecular weight excluding hydrogens is 309 g/mol. The Morgan fingerprint density at radius 1 is 1.04 bits per heavy atom. The summed E-state index contributed by atoms with van der Waals surface area (Å²) in [5.74, 6) is -0.597. The smallest absolute Gasteiger partial charge is 0.165 e. The molecule has 3 aromatic rings. The fraction of sp³-hybridized carbons (Fsp3) is 0.111. The van der Waals surface area contributed by atoms with E-state index in [2.05, 4.69) is 15.3 Å². The molecule has 5 nitrogen and oxygen atoms in total. The fourth-order valence-electron chi connectivity index (χ4n) is 2.27. The molecule has 0 aliphatic carbocycles. The van der Waals surface area contributed by atoms with Crippen LogP contribution in [-0.2, 0) is 0 Å². The third-order valence-corrected chi connectivity index (χ3v) is 3.57. The van der Waals surface area contributed by atoms with Gasteiger partial charge in [-0.05, 0) is 23.8 Å². The van der Waals surface area contributed by atoms with E-state index in [0.717, 1.165) is 5.56 Å². The summed E-state index contributed by atoms with van der Waals surface area (Å²) < 4.78 is 13.5. The molecule has 1 aromatic heterocycles. The van der Waals surface area contributed by atoms with Gasteiger partial charge in [0.05, 0.1) is 11.8 Å². The van der Waals surface area contributed by atoms with Crippen molar-refractivity contribution in [3.05, 3.63) is 72.3 Å². The second-order valence-electron chi connectivity index (χ2n) is 5.26. The normalized spacial score (nSPS) is 11.9. The number of phenolic OH excluding ortho intramolecular Hbond substituents is 1. The Morgan fingerprint density at radius 2 is 1.83 bits per heavy atom. The van der Waals surface area contributed by atoms with E-state index < -0.39 is 17.7 Å². The second kappa shape index (κ2) is 7.06. The van der Waals surface area contributed by atoms with E-state index in [4.69, 9.17) is 0 Å². The number of phenols is 1. The number of nitrogens with one attached hydrogen (secondary N) is 1. The van der Waals surface area contributed by atoms with E-state index in [-0.39, 0.29) is 6.54 Å². The third kappa shape index (κ3) is 3.67. The maximum Gasteiger partial charge on any atom is 0.165 e. The molecule has 0 amide bonds. The van der Waals surface area contributed by atoms with Crippen LogP contribution in [0.4, 0.5) is 10.2 Å². The lowest BCUT2D eigenvalue weighted by Crippen LogP contribution is -2.13. The van der Waals surface area contributed by atoms with Gasteiger partial charge in [-0.25, -0.2) is 14.4 Å². The molecule has 0 fully saturated rings. The number of rotatable bonds is 5. The van der Waals surface area contributed by atoms with Gasteiger partial charge < -0.3 is 15.5 Å². The molecule has 3 rings (SSSR count). The minimum absolute atomic E-state index is 0.282. The monoisotopic (exact) mass is 325 g/mol. The Morgan fingerprint density at radius 3 is 2.58 bits per heavy atom. The zero-order valence-electron chi connectivity index (χ0n) is 12.7.